The topological polar surface area (TPSA) is 67.4 Å². The first-order valence-electron chi connectivity index (χ1n) is 6.23. The molecule has 1 aromatic carbocycles. The third kappa shape index (κ3) is 5.42. The van der Waals surface area contributed by atoms with Crippen molar-refractivity contribution < 1.29 is 14.3 Å². The van der Waals surface area contributed by atoms with Crippen LogP contribution in [0.5, 0.6) is 0 Å². The number of carbonyl (C=O) groups excluding carboxylic acids is 2. The van der Waals surface area contributed by atoms with Crippen molar-refractivity contribution in [3.63, 3.8) is 0 Å². The third-order valence-electron chi connectivity index (χ3n) is 2.53. The molecule has 5 heteroatoms. The van der Waals surface area contributed by atoms with Crippen LogP contribution in [-0.2, 0) is 9.53 Å². The summed E-state index contributed by atoms with van der Waals surface area (Å²) in [5, 5.41) is 5.29. The van der Waals surface area contributed by atoms with Crippen LogP contribution in [0.25, 0.3) is 0 Å². The van der Waals surface area contributed by atoms with Crippen molar-refractivity contribution in [1.29, 1.82) is 0 Å². The number of para-hydroxylation sites is 1. The Morgan fingerprint density at radius 2 is 1.84 bits per heavy atom. The number of anilines is 1. The number of benzene rings is 1. The highest BCUT2D eigenvalue weighted by Crippen LogP contribution is 2.08. The lowest BCUT2D eigenvalue weighted by Crippen LogP contribution is -2.44. The van der Waals surface area contributed by atoms with Crippen LogP contribution >= 0.6 is 0 Å². The number of rotatable bonds is 5. The normalized spacial score (nSPS) is 11.8. The van der Waals surface area contributed by atoms with Gasteiger partial charge >= 0.3 is 12.0 Å². The van der Waals surface area contributed by atoms with Gasteiger partial charge in [-0.05, 0) is 24.5 Å². The molecule has 0 aliphatic heterocycles. The molecule has 0 aromatic heterocycles. The Morgan fingerprint density at radius 1 is 1.21 bits per heavy atom. The van der Waals surface area contributed by atoms with E-state index in [1.165, 1.54) is 7.11 Å². The zero-order valence-corrected chi connectivity index (χ0v) is 11.5. The minimum Gasteiger partial charge on any atom is -0.467 e. The minimum absolute atomic E-state index is 0.279. The Kier molecular flexibility index (Phi) is 5.85. The minimum atomic E-state index is -0.631. The molecule has 0 saturated carbocycles. The first-order valence-corrected chi connectivity index (χ1v) is 6.23. The van der Waals surface area contributed by atoms with Gasteiger partial charge in [0, 0.05) is 5.69 Å². The summed E-state index contributed by atoms with van der Waals surface area (Å²) in [5.74, 6) is -0.155. The van der Waals surface area contributed by atoms with Gasteiger partial charge < -0.3 is 15.4 Å². The Bertz CT molecular complexity index is 418. The van der Waals surface area contributed by atoms with Gasteiger partial charge in [-0.15, -0.1) is 0 Å². The molecule has 5 nitrogen and oxygen atoms in total. The fourth-order valence-corrected chi connectivity index (χ4v) is 1.67. The van der Waals surface area contributed by atoms with Crippen LogP contribution in [0.15, 0.2) is 30.3 Å². The highest BCUT2D eigenvalue weighted by atomic mass is 16.5. The third-order valence-corrected chi connectivity index (χ3v) is 2.53. The molecule has 1 unspecified atom stereocenters. The van der Waals surface area contributed by atoms with E-state index in [-0.39, 0.29) is 5.92 Å². The quantitative estimate of drug-likeness (QED) is 0.802. The summed E-state index contributed by atoms with van der Waals surface area (Å²) in [6.07, 6.45) is 0.537. The van der Waals surface area contributed by atoms with Gasteiger partial charge in [0.1, 0.15) is 6.04 Å². The summed E-state index contributed by atoms with van der Waals surface area (Å²) < 4.78 is 4.68. The van der Waals surface area contributed by atoms with Crippen molar-refractivity contribution >= 4 is 17.7 Å². The molecule has 0 saturated heterocycles. The predicted molar refractivity (Wildman–Crippen MR) is 73.9 cm³/mol. The summed E-state index contributed by atoms with van der Waals surface area (Å²) in [4.78, 5) is 23.4. The molecule has 0 spiro atoms. The van der Waals surface area contributed by atoms with E-state index in [1.807, 2.05) is 32.0 Å². The van der Waals surface area contributed by atoms with Gasteiger partial charge in [0.15, 0.2) is 0 Å². The molecule has 1 aromatic rings. The van der Waals surface area contributed by atoms with Gasteiger partial charge in [-0.1, -0.05) is 32.0 Å². The molecule has 1 atom stereocenters. The largest absolute Gasteiger partial charge is 0.467 e. The van der Waals surface area contributed by atoms with Gasteiger partial charge in [-0.25, -0.2) is 9.59 Å². The Balaban J connectivity index is 2.58. The molecule has 0 aliphatic carbocycles. The number of urea groups is 1. The van der Waals surface area contributed by atoms with E-state index in [9.17, 15) is 9.59 Å². The molecule has 19 heavy (non-hydrogen) atoms. The summed E-state index contributed by atoms with van der Waals surface area (Å²) in [5.41, 5.74) is 0.674. The van der Waals surface area contributed by atoms with Crippen LogP contribution in [0.3, 0.4) is 0 Å². The van der Waals surface area contributed by atoms with Crippen molar-refractivity contribution in [1.82, 2.24) is 5.32 Å². The van der Waals surface area contributed by atoms with Crippen LogP contribution in [0.4, 0.5) is 10.5 Å². The summed E-state index contributed by atoms with van der Waals surface area (Å²) >= 11 is 0. The number of nitrogens with one attached hydrogen (secondary N) is 2. The van der Waals surface area contributed by atoms with Crippen LogP contribution < -0.4 is 10.6 Å². The zero-order valence-electron chi connectivity index (χ0n) is 11.5. The van der Waals surface area contributed by atoms with E-state index >= 15 is 0 Å². The van der Waals surface area contributed by atoms with Gasteiger partial charge in [0.2, 0.25) is 0 Å². The second kappa shape index (κ2) is 7.41. The smallest absolute Gasteiger partial charge is 0.328 e. The monoisotopic (exact) mass is 264 g/mol. The first kappa shape index (κ1) is 15.0. The first-order chi connectivity index (χ1) is 9.02. The second-order valence-electron chi connectivity index (χ2n) is 4.67. The van der Waals surface area contributed by atoms with Crippen LogP contribution in [0, 0.1) is 5.92 Å². The standard InChI is InChI=1S/C14H20N2O3/c1-10(2)9-12(13(17)19-3)16-14(18)15-11-7-5-4-6-8-11/h4-8,10,12H,9H2,1-3H3,(H2,15,16,18). The van der Waals surface area contributed by atoms with E-state index in [1.54, 1.807) is 12.1 Å². The van der Waals surface area contributed by atoms with E-state index in [0.29, 0.717) is 12.1 Å². The summed E-state index contributed by atoms with van der Waals surface area (Å²) in [6, 6.07) is 8.00. The van der Waals surface area contributed by atoms with Crippen molar-refractivity contribution in [3.05, 3.63) is 30.3 Å². The summed E-state index contributed by atoms with van der Waals surface area (Å²) in [6.45, 7) is 3.96. The van der Waals surface area contributed by atoms with Gasteiger partial charge in [0.25, 0.3) is 0 Å². The number of carbonyl (C=O) groups is 2. The second-order valence-corrected chi connectivity index (χ2v) is 4.67. The lowest BCUT2D eigenvalue weighted by Gasteiger charge is -2.18. The summed E-state index contributed by atoms with van der Waals surface area (Å²) in [7, 11) is 1.31. The number of hydrogen-bond donors (Lipinski definition) is 2. The lowest BCUT2D eigenvalue weighted by molar-refractivity contribution is -0.143. The lowest BCUT2D eigenvalue weighted by atomic mass is 10.0. The molecule has 0 heterocycles. The molecular weight excluding hydrogens is 244 g/mol. The average Bonchev–Trinajstić information content (AvgIpc) is 2.37. The zero-order chi connectivity index (χ0) is 14.3. The van der Waals surface area contributed by atoms with E-state index in [4.69, 9.17) is 0 Å². The number of hydrogen-bond acceptors (Lipinski definition) is 3. The van der Waals surface area contributed by atoms with Crippen LogP contribution in [0.1, 0.15) is 20.3 Å². The van der Waals surface area contributed by atoms with E-state index in [0.717, 1.165) is 0 Å². The van der Waals surface area contributed by atoms with Crippen LogP contribution in [0.2, 0.25) is 0 Å². The number of methoxy groups -OCH3 is 1. The van der Waals surface area contributed by atoms with E-state index in [2.05, 4.69) is 15.4 Å². The van der Waals surface area contributed by atoms with Crippen molar-refractivity contribution in [2.75, 3.05) is 12.4 Å². The number of ether oxygens (including phenoxy) is 1. The molecular formula is C14H20N2O3. The fraction of sp³-hybridized carbons (Fsp3) is 0.429. The Labute approximate surface area is 113 Å². The molecule has 0 aliphatic rings. The highest BCUT2D eigenvalue weighted by molar-refractivity contribution is 5.92. The molecule has 2 N–H and O–H groups in total. The Morgan fingerprint density at radius 3 is 2.37 bits per heavy atom. The van der Waals surface area contributed by atoms with E-state index < -0.39 is 18.0 Å². The highest BCUT2D eigenvalue weighted by Gasteiger charge is 2.22. The molecule has 0 bridgehead atoms. The predicted octanol–water partition coefficient (Wildman–Crippen LogP) is 2.40. The fourth-order valence-electron chi connectivity index (χ4n) is 1.67. The molecule has 104 valence electrons. The average molecular weight is 264 g/mol. The molecule has 1 rings (SSSR count). The number of esters is 1. The van der Waals surface area contributed by atoms with Gasteiger partial charge in [-0.2, -0.15) is 0 Å². The molecule has 0 radical (unpaired) electrons. The van der Waals surface area contributed by atoms with Gasteiger partial charge in [0.05, 0.1) is 7.11 Å². The number of amides is 2. The van der Waals surface area contributed by atoms with Gasteiger partial charge in [-0.3, -0.25) is 0 Å². The SMILES string of the molecule is COC(=O)C(CC(C)C)NC(=O)Nc1ccccc1. The van der Waals surface area contributed by atoms with Crippen LogP contribution in [-0.4, -0.2) is 25.2 Å². The maximum absolute atomic E-state index is 11.8. The maximum Gasteiger partial charge on any atom is 0.328 e. The molecule has 0 fully saturated rings. The van der Waals surface area contributed by atoms with Crippen molar-refractivity contribution in [3.8, 4) is 0 Å². The molecule has 2 amide bonds. The van der Waals surface area contributed by atoms with Crippen molar-refractivity contribution in [2.45, 2.75) is 26.3 Å². The van der Waals surface area contributed by atoms with Crippen molar-refractivity contribution in [2.24, 2.45) is 5.92 Å². The Hall–Kier alpha value is -2.04. The maximum atomic E-state index is 11.8.